The van der Waals surface area contributed by atoms with Gasteiger partial charge in [0, 0.05) is 19.6 Å². The van der Waals surface area contributed by atoms with Gasteiger partial charge in [-0.05, 0) is 36.5 Å². The van der Waals surface area contributed by atoms with Gasteiger partial charge in [-0.1, -0.05) is 12.1 Å². The summed E-state index contributed by atoms with van der Waals surface area (Å²) in [6.45, 7) is 3.07. The van der Waals surface area contributed by atoms with Crippen molar-refractivity contribution in [2.75, 3.05) is 24.5 Å². The molecule has 4 heterocycles. The van der Waals surface area contributed by atoms with Crippen LogP contribution < -0.4 is 15.0 Å². The van der Waals surface area contributed by atoms with Crippen LogP contribution in [-0.2, 0) is 17.9 Å². The summed E-state index contributed by atoms with van der Waals surface area (Å²) in [7, 11) is 0. The molecule has 1 fully saturated rings. The zero-order valence-electron chi connectivity index (χ0n) is 16.3. The number of amides is 1. The molecule has 0 atom stereocenters. The van der Waals surface area contributed by atoms with Gasteiger partial charge in [-0.2, -0.15) is 5.10 Å². The highest BCUT2D eigenvalue weighted by Crippen LogP contribution is 2.25. The van der Waals surface area contributed by atoms with Crippen LogP contribution in [0.25, 0.3) is 21.9 Å². The van der Waals surface area contributed by atoms with Crippen LogP contribution in [0.2, 0.25) is 0 Å². The first kappa shape index (κ1) is 18.7. The first-order chi connectivity index (χ1) is 14.7. The number of aromatic nitrogens is 5. The molecule has 1 saturated heterocycles. The summed E-state index contributed by atoms with van der Waals surface area (Å²) in [6.07, 6.45) is 5.73. The van der Waals surface area contributed by atoms with Gasteiger partial charge in [0.15, 0.2) is 5.65 Å². The second-order valence-corrected chi connectivity index (χ2v) is 8.27. The molecule has 4 aromatic rings. The largest absolute Gasteiger partial charge is 0.356 e. The highest BCUT2D eigenvalue weighted by molar-refractivity contribution is 7.05. The topological polar surface area (TPSA) is 97.9 Å². The Morgan fingerprint density at radius 1 is 1.13 bits per heavy atom. The number of hydrogen-bond acceptors (Lipinski definition) is 7. The van der Waals surface area contributed by atoms with E-state index < -0.39 is 0 Å². The van der Waals surface area contributed by atoms with E-state index in [9.17, 15) is 9.59 Å². The Hall–Kier alpha value is -3.27. The van der Waals surface area contributed by atoms with Crippen molar-refractivity contribution in [2.45, 2.75) is 25.9 Å². The lowest BCUT2D eigenvalue weighted by atomic mass is 10.2. The average Bonchev–Trinajstić information content (AvgIpc) is 3.49. The number of hydrogen-bond donors (Lipinski definition) is 1. The van der Waals surface area contributed by atoms with E-state index in [1.807, 2.05) is 18.2 Å². The lowest BCUT2D eigenvalue weighted by molar-refractivity contribution is -0.121. The molecule has 10 heteroatoms. The summed E-state index contributed by atoms with van der Waals surface area (Å²) < 4.78 is 3.49. The van der Waals surface area contributed by atoms with Crippen molar-refractivity contribution in [1.29, 1.82) is 0 Å². The summed E-state index contributed by atoms with van der Waals surface area (Å²) in [6, 6.07) is 7.33. The van der Waals surface area contributed by atoms with Gasteiger partial charge in [-0.15, -0.1) is 0 Å². The molecule has 5 rings (SSSR count). The van der Waals surface area contributed by atoms with Crippen LogP contribution in [0.5, 0.6) is 0 Å². The van der Waals surface area contributed by atoms with Crippen molar-refractivity contribution in [2.24, 2.45) is 0 Å². The number of fused-ring (bicyclic) bond motifs is 2. The van der Waals surface area contributed by atoms with Crippen LogP contribution >= 0.6 is 11.5 Å². The van der Waals surface area contributed by atoms with Crippen molar-refractivity contribution in [1.82, 2.24) is 29.0 Å². The summed E-state index contributed by atoms with van der Waals surface area (Å²) in [5.41, 5.74) is 1.56. The smallest absolute Gasteiger partial charge is 0.257 e. The lowest BCUT2D eigenvalue weighted by Gasteiger charge is -2.16. The molecule has 0 spiro atoms. The molecule has 30 heavy (non-hydrogen) atoms. The van der Waals surface area contributed by atoms with Gasteiger partial charge in [0.2, 0.25) is 5.91 Å². The number of carbonyl (C=O) groups is 1. The second kappa shape index (κ2) is 7.86. The maximum atomic E-state index is 12.4. The van der Waals surface area contributed by atoms with E-state index in [4.69, 9.17) is 0 Å². The van der Waals surface area contributed by atoms with Gasteiger partial charge in [0.25, 0.3) is 4.74 Å². The average molecular weight is 424 g/mol. The number of benzene rings is 1. The fourth-order valence-electron chi connectivity index (χ4n) is 3.89. The Balaban J connectivity index is 1.24. The highest BCUT2D eigenvalue weighted by Gasteiger charge is 2.18. The molecule has 154 valence electrons. The first-order valence-electron chi connectivity index (χ1n) is 9.98. The standard InChI is InChI=1S/C20H21N7O2S/c28-17(12-27-16-6-2-1-5-14(16)20(29)30-27)21-7-10-26-19-15(11-24-26)18(22-13-23-19)25-8-3-4-9-25/h1-2,5-6,11,13H,3-4,7-10,12H2,(H,21,28). The Labute approximate surface area is 176 Å². The van der Waals surface area contributed by atoms with Crippen molar-refractivity contribution < 1.29 is 4.79 Å². The third-order valence-electron chi connectivity index (χ3n) is 5.34. The summed E-state index contributed by atoms with van der Waals surface area (Å²) in [5.74, 6) is 0.790. The minimum Gasteiger partial charge on any atom is -0.356 e. The van der Waals surface area contributed by atoms with Gasteiger partial charge in [-0.3, -0.25) is 13.5 Å². The number of carbonyl (C=O) groups excluding carboxylic acids is 1. The molecule has 3 aromatic heterocycles. The summed E-state index contributed by atoms with van der Waals surface area (Å²) >= 11 is 1.06. The molecule has 9 nitrogen and oxygen atoms in total. The maximum absolute atomic E-state index is 12.4. The zero-order valence-corrected chi connectivity index (χ0v) is 17.1. The molecule has 1 N–H and O–H groups in total. The fraction of sp³-hybridized carbons (Fsp3) is 0.350. The molecule has 0 saturated carbocycles. The predicted octanol–water partition coefficient (Wildman–Crippen LogP) is 1.62. The van der Waals surface area contributed by atoms with Crippen molar-refractivity contribution in [3.8, 4) is 0 Å². The molecule has 1 aliphatic heterocycles. The monoisotopic (exact) mass is 423 g/mol. The molecule has 0 aliphatic carbocycles. The van der Waals surface area contributed by atoms with E-state index in [2.05, 4.69) is 25.3 Å². The van der Waals surface area contributed by atoms with Crippen LogP contribution in [0.1, 0.15) is 12.8 Å². The Bertz CT molecular complexity index is 1270. The van der Waals surface area contributed by atoms with Gasteiger partial charge in [-0.25, -0.2) is 14.6 Å². The molecule has 0 radical (unpaired) electrons. The Morgan fingerprint density at radius 3 is 2.83 bits per heavy atom. The maximum Gasteiger partial charge on any atom is 0.257 e. The van der Waals surface area contributed by atoms with E-state index in [0.717, 1.165) is 47.0 Å². The number of para-hydroxylation sites is 1. The second-order valence-electron chi connectivity index (χ2n) is 7.28. The summed E-state index contributed by atoms with van der Waals surface area (Å²) in [5, 5.41) is 8.94. The van der Waals surface area contributed by atoms with Gasteiger partial charge in [0.1, 0.15) is 18.7 Å². The molecule has 0 bridgehead atoms. The minimum absolute atomic E-state index is 0.0325. The van der Waals surface area contributed by atoms with Crippen LogP contribution in [0.15, 0.2) is 41.6 Å². The number of nitrogens with one attached hydrogen (secondary N) is 1. The van der Waals surface area contributed by atoms with Crippen molar-refractivity contribution in [3.05, 3.63) is 46.3 Å². The number of rotatable bonds is 6. The fourth-order valence-corrected chi connectivity index (χ4v) is 4.80. The number of anilines is 1. The van der Waals surface area contributed by atoms with E-state index in [0.29, 0.717) is 18.5 Å². The molecular weight excluding hydrogens is 402 g/mol. The van der Waals surface area contributed by atoms with Crippen molar-refractivity contribution >= 4 is 45.2 Å². The minimum atomic E-state index is -0.143. The predicted molar refractivity (Wildman–Crippen MR) is 116 cm³/mol. The lowest BCUT2D eigenvalue weighted by Crippen LogP contribution is -2.30. The highest BCUT2D eigenvalue weighted by atomic mass is 32.1. The Kier molecular flexibility index (Phi) is 4.91. The van der Waals surface area contributed by atoms with Crippen molar-refractivity contribution in [3.63, 3.8) is 0 Å². The van der Waals surface area contributed by atoms with Gasteiger partial charge in [0.05, 0.1) is 29.0 Å². The van der Waals surface area contributed by atoms with Crippen LogP contribution in [0.4, 0.5) is 5.82 Å². The van der Waals surface area contributed by atoms with E-state index >= 15 is 0 Å². The zero-order chi connectivity index (χ0) is 20.5. The van der Waals surface area contributed by atoms with Gasteiger partial charge < -0.3 is 10.2 Å². The third-order valence-corrected chi connectivity index (χ3v) is 6.27. The molecule has 1 amide bonds. The van der Waals surface area contributed by atoms with E-state index in [1.54, 1.807) is 27.2 Å². The summed E-state index contributed by atoms with van der Waals surface area (Å²) in [4.78, 5) is 35.5. The molecular formula is C20H21N7O2S. The van der Waals surface area contributed by atoms with Crippen LogP contribution in [0.3, 0.4) is 0 Å². The van der Waals surface area contributed by atoms with E-state index in [-0.39, 0.29) is 17.2 Å². The van der Waals surface area contributed by atoms with Crippen LogP contribution in [-0.4, -0.2) is 49.2 Å². The SMILES string of the molecule is O=C(Cn1sc(=O)c2ccccc21)NCCn1ncc2c(N3CCCC3)ncnc21. The molecule has 0 unspecified atom stereocenters. The number of nitrogens with zero attached hydrogens (tertiary/aromatic N) is 6. The quantitative estimate of drug-likeness (QED) is 0.506. The normalized spacial score (nSPS) is 14.1. The molecule has 1 aromatic carbocycles. The Morgan fingerprint density at radius 2 is 1.97 bits per heavy atom. The third kappa shape index (κ3) is 3.43. The first-order valence-corrected chi connectivity index (χ1v) is 10.7. The molecule has 1 aliphatic rings. The van der Waals surface area contributed by atoms with E-state index in [1.165, 1.54) is 12.8 Å². The van der Waals surface area contributed by atoms with Gasteiger partial charge >= 0.3 is 0 Å². The van der Waals surface area contributed by atoms with Crippen LogP contribution in [0, 0.1) is 0 Å².